The van der Waals surface area contributed by atoms with Gasteiger partial charge in [-0.25, -0.2) is 0 Å². The van der Waals surface area contributed by atoms with Gasteiger partial charge in [0.05, 0.1) is 22.1 Å². The predicted molar refractivity (Wildman–Crippen MR) is 207 cm³/mol. The second-order valence-corrected chi connectivity index (χ2v) is 15.5. The van der Waals surface area contributed by atoms with Crippen LogP contribution in [0.1, 0.15) is 25.0 Å². The lowest BCUT2D eigenvalue weighted by Crippen LogP contribution is -2.57. The van der Waals surface area contributed by atoms with Crippen LogP contribution in [0.4, 0.5) is 0 Å². The van der Waals surface area contributed by atoms with Crippen molar-refractivity contribution in [2.75, 3.05) is 0 Å². The van der Waals surface area contributed by atoms with Crippen LogP contribution in [0.25, 0.3) is 60.6 Å². The van der Waals surface area contributed by atoms with Gasteiger partial charge in [-0.1, -0.05) is 128 Å². The average molecular weight is 658 g/mol. The van der Waals surface area contributed by atoms with E-state index in [2.05, 4.69) is 152 Å². The molecule has 0 saturated carbocycles. The third kappa shape index (κ3) is 3.25. The molecule has 1 aliphatic carbocycles. The number of para-hydroxylation sites is 3. The Bertz CT molecular complexity index is 2920. The van der Waals surface area contributed by atoms with E-state index >= 15 is 0 Å². The molecule has 9 aromatic rings. The molecule has 0 atom stereocenters. The lowest BCUT2D eigenvalue weighted by Gasteiger charge is -2.33. The molecule has 0 radical (unpaired) electrons. The molecule has 0 N–H and O–H groups in total. The van der Waals surface area contributed by atoms with Gasteiger partial charge in [-0.3, -0.25) is 0 Å². The van der Waals surface area contributed by atoms with Crippen LogP contribution in [0.5, 0.6) is 11.5 Å². The summed E-state index contributed by atoms with van der Waals surface area (Å²) < 4.78 is 16.3. The van der Waals surface area contributed by atoms with E-state index in [0.29, 0.717) is 0 Å². The summed E-state index contributed by atoms with van der Waals surface area (Å²) >= 11 is 1.85. The summed E-state index contributed by atoms with van der Waals surface area (Å²) in [5, 5.41) is 4.84. The zero-order valence-corrected chi connectivity index (χ0v) is 28.3. The molecule has 0 unspecified atom stereocenters. The third-order valence-electron chi connectivity index (χ3n) is 11.5. The molecular formula is C45H28BNO2S. The second kappa shape index (κ2) is 9.32. The maximum Gasteiger partial charge on any atom is 0.253 e. The lowest BCUT2D eigenvalue weighted by molar-refractivity contribution is 0.486. The van der Waals surface area contributed by atoms with Crippen LogP contribution in [-0.2, 0) is 5.41 Å². The lowest BCUT2D eigenvalue weighted by atomic mass is 9.35. The molecule has 50 heavy (non-hydrogen) atoms. The van der Waals surface area contributed by atoms with Crippen molar-refractivity contribution in [3.05, 3.63) is 145 Å². The quantitative estimate of drug-likeness (QED) is 0.165. The van der Waals surface area contributed by atoms with Crippen LogP contribution in [0.3, 0.4) is 0 Å². The molecule has 0 bridgehead atoms. The predicted octanol–water partition coefficient (Wildman–Crippen LogP) is 10.1. The van der Waals surface area contributed by atoms with E-state index in [1.807, 2.05) is 11.8 Å². The Morgan fingerprint density at radius 2 is 1.40 bits per heavy atom. The fourth-order valence-corrected chi connectivity index (χ4v) is 10.7. The SMILES string of the molecule is CC1(C)c2ccccc2-c2c1c1c3ccccc3n(-c3cc4c5c(c3)Sc3ccccc3B5c3ccccc3O4)c1c1c2oc2ccccc21. The molecule has 0 fully saturated rings. The monoisotopic (exact) mass is 657 g/mol. The van der Waals surface area contributed by atoms with Gasteiger partial charge < -0.3 is 13.7 Å². The summed E-state index contributed by atoms with van der Waals surface area (Å²) in [5.41, 5.74) is 14.1. The number of rotatable bonds is 1. The second-order valence-electron chi connectivity index (χ2n) is 14.4. The molecule has 2 aliphatic heterocycles. The van der Waals surface area contributed by atoms with Gasteiger partial charge in [0.2, 0.25) is 0 Å². The van der Waals surface area contributed by atoms with Crippen LogP contribution in [0, 0.1) is 0 Å². The van der Waals surface area contributed by atoms with E-state index in [-0.39, 0.29) is 12.1 Å². The molecule has 0 spiro atoms. The summed E-state index contributed by atoms with van der Waals surface area (Å²) in [6, 6.07) is 48.4. The Labute approximate surface area is 293 Å². The van der Waals surface area contributed by atoms with E-state index in [4.69, 9.17) is 9.15 Å². The van der Waals surface area contributed by atoms with Crippen molar-refractivity contribution in [2.45, 2.75) is 29.1 Å². The van der Waals surface area contributed by atoms with Gasteiger partial charge in [0.1, 0.15) is 22.7 Å². The largest absolute Gasteiger partial charge is 0.458 e. The fourth-order valence-electron chi connectivity index (χ4n) is 9.46. The van der Waals surface area contributed by atoms with Crippen molar-refractivity contribution in [1.82, 2.24) is 4.57 Å². The van der Waals surface area contributed by atoms with Crippen LogP contribution in [0.15, 0.2) is 148 Å². The molecule has 5 heteroatoms. The molecule has 2 aromatic heterocycles. The fraction of sp³-hybridized carbons (Fsp3) is 0.0667. The highest BCUT2D eigenvalue weighted by atomic mass is 32.2. The van der Waals surface area contributed by atoms with E-state index in [9.17, 15) is 0 Å². The summed E-state index contributed by atoms with van der Waals surface area (Å²) in [6.07, 6.45) is 0. The van der Waals surface area contributed by atoms with Crippen molar-refractivity contribution in [3.63, 3.8) is 0 Å². The Morgan fingerprint density at radius 3 is 2.32 bits per heavy atom. The topological polar surface area (TPSA) is 27.3 Å². The van der Waals surface area contributed by atoms with E-state index in [0.717, 1.165) is 39.1 Å². The van der Waals surface area contributed by atoms with Crippen molar-refractivity contribution in [2.24, 2.45) is 0 Å². The summed E-state index contributed by atoms with van der Waals surface area (Å²) in [6.45, 7) is 4.88. The van der Waals surface area contributed by atoms with E-state index < -0.39 is 0 Å². The van der Waals surface area contributed by atoms with Gasteiger partial charge in [-0.2, -0.15) is 0 Å². The standard InChI is InChI=1S/C45H28BNO2S/c1-45(2)29-16-6-3-13-26(29)39-41(45)38-27-14-4-9-19-32(27)47(43(38)40-28-15-5-10-20-33(28)49-44(39)40)25-23-35-42-37(24-25)50-36-22-12-8-18-31(36)46(42)30-17-7-11-21-34(30)48-35/h3-24H,1-2H3. The van der Waals surface area contributed by atoms with Crippen LogP contribution < -0.4 is 21.1 Å². The van der Waals surface area contributed by atoms with Gasteiger partial charge >= 0.3 is 0 Å². The van der Waals surface area contributed by atoms with Gasteiger partial charge in [-0.15, -0.1) is 0 Å². The smallest absolute Gasteiger partial charge is 0.253 e. The van der Waals surface area contributed by atoms with Crippen molar-refractivity contribution in [3.8, 4) is 28.3 Å². The summed E-state index contributed by atoms with van der Waals surface area (Å²) in [5.74, 6) is 1.86. The number of fused-ring (bicyclic) bond motifs is 16. The highest BCUT2D eigenvalue weighted by molar-refractivity contribution is 8.00. The number of ether oxygens (including phenoxy) is 1. The minimum absolute atomic E-state index is 0.127. The van der Waals surface area contributed by atoms with Crippen molar-refractivity contribution < 1.29 is 9.15 Å². The van der Waals surface area contributed by atoms with Crippen molar-refractivity contribution >= 4 is 78.6 Å². The number of hydrogen-bond donors (Lipinski definition) is 0. The molecule has 4 heterocycles. The van der Waals surface area contributed by atoms with Gasteiger partial charge in [0.25, 0.3) is 6.71 Å². The first kappa shape index (κ1) is 27.2. The zero-order chi connectivity index (χ0) is 32.9. The zero-order valence-electron chi connectivity index (χ0n) is 27.5. The first-order valence-electron chi connectivity index (χ1n) is 17.3. The molecular weight excluding hydrogens is 629 g/mol. The molecule has 234 valence electrons. The van der Waals surface area contributed by atoms with Crippen LogP contribution in [-0.4, -0.2) is 11.3 Å². The number of furan rings is 1. The molecule has 0 saturated heterocycles. The summed E-state index contributed by atoms with van der Waals surface area (Å²) in [7, 11) is 0. The number of aromatic nitrogens is 1. The first-order valence-corrected chi connectivity index (χ1v) is 18.1. The van der Waals surface area contributed by atoms with Crippen LogP contribution in [0.2, 0.25) is 0 Å². The maximum atomic E-state index is 6.94. The molecule has 3 aliphatic rings. The third-order valence-corrected chi connectivity index (χ3v) is 12.6. The van der Waals surface area contributed by atoms with E-state index in [1.54, 1.807) is 0 Å². The Balaban J connectivity index is 1.26. The molecule has 3 nitrogen and oxygen atoms in total. The van der Waals surface area contributed by atoms with E-state index in [1.165, 1.54) is 70.2 Å². The highest BCUT2D eigenvalue weighted by Crippen LogP contribution is 2.58. The summed E-state index contributed by atoms with van der Waals surface area (Å²) in [4.78, 5) is 2.54. The first-order chi connectivity index (χ1) is 24.6. The minimum atomic E-state index is -0.228. The highest BCUT2D eigenvalue weighted by Gasteiger charge is 2.42. The number of benzene rings is 7. The van der Waals surface area contributed by atoms with Gasteiger partial charge in [-0.05, 0) is 57.9 Å². The van der Waals surface area contributed by atoms with Crippen LogP contribution >= 0.6 is 11.8 Å². The number of hydrogen-bond acceptors (Lipinski definition) is 3. The van der Waals surface area contributed by atoms with Gasteiger partial charge in [0, 0.05) is 43.0 Å². The molecule has 12 rings (SSSR count). The van der Waals surface area contributed by atoms with Gasteiger partial charge in [0.15, 0.2) is 0 Å². The maximum absolute atomic E-state index is 6.94. The normalized spacial score (nSPS) is 14.8. The number of nitrogens with zero attached hydrogens (tertiary/aromatic N) is 1. The minimum Gasteiger partial charge on any atom is -0.458 e. The molecule has 7 aromatic carbocycles. The Hall–Kier alpha value is -5.65. The van der Waals surface area contributed by atoms with Crippen molar-refractivity contribution in [1.29, 1.82) is 0 Å². The molecule has 0 amide bonds. The Kier molecular flexibility index (Phi) is 5.07. The average Bonchev–Trinajstić information content (AvgIpc) is 3.77. The Morgan fingerprint density at radius 1 is 0.660 bits per heavy atom.